The summed E-state index contributed by atoms with van der Waals surface area (Å²) in [5.74, 6) is -1.25. The van der Waals surface area contributed by atoms with Crippen molar-refractivity contribution in [2.75, 3.05) is 18.9 Å². The summed E-state index contributed by atoms with van der Waals surface area (Å²) in [6.45, 7) is 2.19. The summed E-state index contributed by atoms with van der Waals surface area (Å²) in [6.07, 6.45) is -0.999. The van der Waals surface area contributed by atoms with Crippen molar-refractivity contribution in [1.29, 1.82) is 0 Å². The van der Waals surface area contributed by atoms with Crippen LogP contribution >= 0.6 is 11.3 Å². The fraction of sp³-hybridized carbons (Fsp3) is 0.346. The van der Waals surface area contributed by atoms with Gasteiger partial charge in [-0.2, -0.15) is 0 Å². The highest BCUT2D eigenvalue weighted by atomic mass is 32.1. The molecular weight excluding hydrogens is 580 g/mol. The lowest BCUT2D eigenvalue weighted by Gasteiger charge is -2.21. The Morgan fingerprint density at radius 1 is 1.17 bits per heavy atom. The second-order valence-electron chi connectivity index (χ2n) is 9.44. The van der Waals surface area contributed by atoms with Gasteiger partial charge in [-0.25, -0.2) is 4.39 Å². The second-order valence-corrected chi connectivity index (χ2v) is 10.5. The highest BCUT2D eigenvalue weighted by Gasteiger charge is 2.31. The molecule has 1 aliphatic rings. The Hall–Kier alpha value is -4.31. The van der Waals surface area contributed by atoms with Crippen LogP contribution in [-0.4, -0.2) is 63.1 Å². The molecule has 2 amide bonds. The lowest BCUT2D eigenvalue weighted by atomic mass is 10.1. The number of alkyl halides is 4. The average Bonchev–Trinajstić information content (AvgIpc) is 3.50. The molecule has 2 aromatic heterocycles. The summed E-state index contributed by atoms with van der Waals surface area (Å²) in [5, 5.41) is 16.9. The number of carbonyl (C=O) groups is 2. The van der Waals surface area contributed by atoms with Crippen molar-refractivity contribution in [3.63, 3.8) is 0 Å². The van der Waals surface area contributed by atoms with E-state index in [0.29, 0.717) is 22.8 Å². The fourth-order valence-electron chi connectivity index (χ4n) is 3.99. The molecule has 3 aromatic rings. The maximum Gasteiger partial charge on any atom is 0.573 e. The molecule has 42 heavy (non-hydrogen) atoms. The summed E-state index contributed by atoms with van der Waals surface area (Å²) in [5.41, 5.74) is 5.40. The zero-order chi connectivity index (χ0) is 30.3. The monoisotopic (exact) mass is 608 g/mol. The third-order valence-corrected chi connectivity index (χ3v) is 6.71. The number of pyridine rings is 1. The second kappa shape index (κ2) is 13.6. The van der Waals surface area contributed by atoms with Crippen molar-refractivity contribution < 1.29 is 31.9 Å². The van der Waals surface area contributed by atoms with Crippen molar-refractivity contribution in [2.45, 2.75) is 45.3 Å². The molecule has 1 unspecified atom stereocenters. The van der Waals surface area contributed by atoms with E-state index in [4.69, 9.17) is 0 Å². The largest absolute Gasteiger partial charge is 0.573 e. The van der Waals surface area contributed by atoms with Gasteiger partial charge in [-0.05, 0) is 42.2 Å². The zero-order valence-corrected chi connectivity index (χ0v) is 23.4. The van der Waals surface area contributed by atoms with Crippen LogP contribution in [0.3, 0.4) is 0 Å². The maximum absolute atomic E-state index is 14.8. The number of hydrogen-bond donors (Lipinski definition) is 3. The molecule has 0 spiro atoms. The molecule has 0 bridgehead atoms. The number of rotatable bonds is 12. The number of carbonyl (C=O) groups excluding carboxylic acids is 2. The molecule has 1 aliphatic heterocycles. The first-order valence-electron chi connectivity index (χ1n) is 12.7. The van der Waals surface area contributed by atoms with Crippen molar-refractivity contribution in [3.05, 3.63) is 76.3 Å². The van der Waals surface area contributed by atoms with Gasteiger partial charge < -0.3 is 15.4 Å². The molecule has 16 heteroatoms. The predicted molar refractivity (Wildman–Crippen MR) is 145 cm³/mol. The molecule has 3 heterocycles. The summed E-state index contributed by atoms with van der Waals surface area (Å²) >= 11 is 1.08. The number of aryl methyl sites for hydroxylation is 2. The van der Waals surface area contributed by atoms with Gasteiger partial charge in [0.1, 0.15) is 22.6 Å². The third-order valence-electron chi connectivity index (χ3n) is 5.81. The number of aromatic nitrogens is 3. The zero-order valence-electron chi connectivity index (χ0n) is 22.6. The lowest BCUT2D eigenvalue weighted by molar-refractivity contribution is -0.274. The van der Waals surface area contributed by atoms with E-state index in [9.17, 15) is 27.2 Å². The van der Waals surface area contributed by atoms with E-state index in [1.54, 1.807) is 19.4 Å². The van der Waals surface area contributed by atoms with Crippen LogP contribution in [0.5, 0.6) is 5.75 Å². The smallest absolute Gasteiger partial charge is 0.406 e. The number of amides is 2. The van der Waals surface area contributed by atoms with Gasteiger partial charge in [0.2, 0.25) is 11.0 Å². The van der Waals surface area contributed by atoms with E-state index in [1.165, 1.54) is 28.4 Å². The van der Waals surface area contributed by atoms with Crippen molar-refractivity contribution in [1.82, 2.24) is 36.1 Å². The fourth-order valence-corrected chi connectivity index (χ4v) is 4.76. The number of nitrogens with one attached hydrogen (secondary N) is 3. The number of halogens is 4. The van der Waals surface area contributed by atoms with Gasteiger partial charge in [-0.15, -0.1) is 28.9 Å². The van der Waals surface area contributed by atoms with Gasteiger partial charge in [-0.1, -0.05) is 29.5 Å². The molecule has 0 saturated carbocycles. The van der Waals surface area contributed by atoms with E-state index in [1.807, 2.05) is 13.0 Å². The minimum atomic E-state index is -4.83. The number of benzene rings is 1. The number of anilines is 1. The van der Waals surface area contributed by atoms with Gasteiger partial charge in [0, 0.05) is 38.6 Å². The number of hydrogen-bond acceptors (Lipinski definition) is 10. The van der Waals surface area contributed by atoms with Gasteiger partial charge in [0.05, 0.1) is 13.0 Å². The molecule has 0 aliphatic carbocycles. The van der Waals surface area contributed by atoms with Crippen molar-refractivity contribution >= 4 is 28.3 Å². The van der Waals surface area contributed by atoms with Crippen LogP contribution in [0, 0.1) is 6.92 Å². The van der Waals surface area contributed by atoms with Gasteiger partial charge in [-0.3, -0.25) is 24.6 Å². The average molecular weight is 609 g/mol. The molecular formula is C26H28F4N8O3S. The lowest BCUT2D eigenvalue weighted by Crippen LogP contribution is -2.42. The van der Waals surface area contributed by atoms with Crippen molar-refractivity contribution in [3.8, 4) is 5.75 Å². The van der Waals surface area contributed by atoms with Crippen LogP contribution in [0.1, 0.15) is 28.1 Å². The third kappa shape index (κ3) is 9.37. The van der Waals surface area contributed by atoms with Gasteiger partial charge in [0.25, 0.3) is 5.91 Å². The quantitative estimate of drug-likeness (QED) is 0.266. The Morgan fingerprint density at radius 2 is 1.98 bits per heavy atom. The van der Waals surface area contributed by atoms with E-state index in [0.717, 1.165) is 34.6 Å². The van der Waals surface area contributed by atoms with E-state index < -0.39 is 24.2 Å². The summed E-state index contributed by atoms with van der Waals surface area (Å²) in [6, 6.07) is 7.04. The van der Waals surface area contributed by atoms with Crippen LogP contribution in [-0.2, 0) is 29.0 Å². The van der Waals surface area contributed by atoms with E-state index >= 15 is 0 Å². The standard InChI is InChI=1S/C26H28F4N8O3S/c1-16-8-18(12-31-11-16)13-32-24(40)21-15-38(36-37(21)2)14-19(27)6-7-23-34-35-25(42-23)33-22(39)10-17-4-3-5-20(9-17)41-26(28,29)30/h3-5,8-9,11-12,15,19,36H,6-7,10,13-14H2,1-2H3,(H,32,40)(H,33,35,39). The Balaban J connectivity index is 1.20. The first-order valence-corrected chi connectivity index (χ1v) is 13.5. The molecule has 224 valence electrons. The molecule has 11 nitrogen and oxygen atoms in total. The Labute approximate surface area is 242 Å². The normalized spacial score (nSPS) is 14.0. The Kier molecular flexibility index (Phi) is 9.90. The topological polar surface area (TPSA) is 125 Å². The van der Waals surface area contributed by atoms with E-state index in [2.05, 4.69) is 36.1 Å². The van der Waals surface area contributed by atoms with Crippen LogP contribution in [0.4, 0.5) is 22.7 Å². The number of hydrazine groups is 2. The predicted octanol–water partition coefficient (Wildman–Crippen LogP) is 3.42. The summed E-state index contributed by atoms with van der Waals surface area (Å²) < 4.78 is 55.9. The number of likely N-dealkylation sites (N-methyl/N-ethyl adjacent to an activating group) is 1. The van der Waals surface area contributed by atoms with Gasteiger partial charge >= 0.3 is 6.36 Å². The van der Waals surface area contributed by atoms with Crippen molar-refractivity contribution in [2.24, 2.45) is 0 Å². The maximum atomic E-state index is 14.8. The molecule has 4 rings (SSSR count). The van der Waals surface area contributed by atoms with Gasteiger partial charge in [0.15, 0.2) is 0 Å². The molecule has 0 fully saturated rings. The van der Waals surface area contributed by atoms with Crippen LogP contribution < -0.4 is 20.9 Å². The molecule has 1 aromatic carbocycles. The molecule has 0 radical (unpaired) electrons. The SMILES string of the molecule is Cc1cncc(CNC(=O)C2=CN(CC(F)CCc3nnc(NC(=O)Cc4cccc(OC(F)(F)F)c4)s3)NN2C)c1. The van der Waals surface area contributed by atoms with Crippen LogP contribution in [0.25, 0.3) is 0 Å². The first-order chi connectivity index (χ1) is 19.9. The molecule has 1 atom stereocenters. The summed E-state index contributed by atoms with van der Waals surface area (Å²) in [4.78, 5) is 29.0. The minimum Gasteiger partial charge on any atom is -0.406 e. The number of ether oxygens (including phenoxy) is 1. The molecule has 3 N–H and O–H groups in total. The minimum absolute atomic E-state index is 0.0254. The Bertz CT molecular complexity index is 1430. The first kappa shape index (κ1) is 30.6. The van der Waals surface area contributed by atoms with Crippen LogP contribution in [0.15, 0.2) is 54.6 Å². The highest BCUT2D eigenvalue weighted by Crippen LogP contribution is 2.24. The highest BCUT2D eigenvalue weighted by molar-refractivity contribution is 7.15. The Morgan fingerprint density at radius 3 is 2.74 bits per heavy atom. The van der Waals surface area contributed by atoms with E-state index in [-0.39, 0.29) is 36.8 Å². The summed E-state index contributed by atoms with van der Waals surface area (Å²) in [7, 11) is 1.65. The van der Waals surface area contributed by atoms with Crippen LogP contribution in [0.2, 0.25) is 0 Å². The number of nitrogens with zero attached hydrogens (tertiary/aromatic N) is 5. The molecule has 0 saturated heterocycles.